The van der Waals surface area contributed by atoms with Gasteiger partial charge in [0.05, 0.1) is 4.92 Å². The number of thioether (sulfide) groups is 2. The Hall–Kier alpha value is -4.28. The topological polar surface area (TPSA) is 183 Å². The number of hydrogen-bond acceptors (Lipinski definition) is 12. The quantitative estimate of drug-likeness (QED) is 0.113. The summed E-state index contributed by atoms with van der Waals surface area (Å²) in [6.07, 6.45) is -1.46. The van der Waals surface area contributed by atoms with Gasteiger partial charge in [-0.1, -0.05) is 42.1 Å². The van der Waals surface area contributed by atoms with E-state index in [-0.39, 0.29) is 18.0 Å². The van der Waals surface area contributed by atoms with Crippen LogP contribution < -0.4 is 5.32 Å². The van der Waals surface area contributed by atoms with Crippen LogP contribution in [-0.2, 0) is 32.8 Å². The zero-order valence-electron chi connectivity index (χ0n) is 21.4. The normalized spacial score (nSPS) is 18.8. The fourth-order valence-electron chi connectivity index (χ4n) is 4.23. The molecule has 0 radical (unpaired) electrons. The van der Waals surface area contributed by atoms with Crippen LogP contribution in [0.15, 0.2) is 71.0 Å². The number of rotatable bonds is 10. The number of nitrogens with zero attached hydrogens (tertiary/aromatic N) is 6. The lowest BCUT2D eigenvalue weighted by Gasteiger charge is -2.49. The van der Waals surface area contributed by atoms with Gasteiger partial charge in [-0.2, -0.15) is 0 Å². The first kappa shape index (κ1) is 28.3. The highest BCUT2D eigenvalue weighted by Gasteiger charge is 2.54. The van der Waals surface area contributed by atoms with Crippen LogP contribution in [0.4, 0.5) is 5.69 Å². The number of aromatic nitrogens is 4. The molecule has 14 nitrogen and oxygen atoms in total. The number of fused-ring (bicyclic) bond motifs is 1. The van der Waals surface area contributed by atoms with Gasteiger partial charge in [-0.3, -0.25) is 24.6 Å². The Bertz CT molecular complexity index is 1510. The van der Waals surface area contributed by atoms with Crippen molar-refractivity contribution in [3.63, 3.8) is 0 Å². The summed E-state index contributed by atoms with van der Waals surface area (Å²) in [6.45, 7) is -0.169. The molecule has 2 aromatic carbocycles. The molecule has 2 aliphatic heterocycles. The van der Waals surface area contributed by atoms with E-state index >= 15 is 0 Å². The van der Waals surface area contributed by atoms with E-state index in [4.69, 9.17) is 4.74 Å². The summed E-state index contributed by atoms with van der Waals surface area (Å²) in [5.74, 6) is -1.33. The molecular weight excluding hydrogens is 574 g/mol. The fourth-order valence-corrected chi connectivity index (χ4v) is 6.56. The predicted molar refractivity (Wildman–Crippen MR) is 146 cm³/mol. The number of aliphatic hydroxyl groups is 1. The number of esters is 1. The highest BCUT2D eigenvalue weighted by atomic mass is 32.2. The summed E-state index contributed by atoms with van der Waals surface area (Å²) < 4.78 is 7.00. The van der Waals surface area contributed by atoms with Gasteiger partial charge in [-0.25, -0.2) is 9.48 Å². The summed E-state index contributed by atoms with van der Waals surface area (Å²) >= 11 is 2.66. The number of aliphatic hydroxyl groups excluding tert-OH is 1. The number of non-ortho nitro benzene ring substituents is 1. The van der Waals surface area contributed by atoms with Crippen molar-refractivity contribution in [3.8, 4) is 0 Å². The number of aryl methyl sites for hydroxylation is 1. The average molecular weight is 598 g/mol. The van der Waals surface area contributed by atoms with E-state index in [0.717, 1.165) is 0 Å². The third kappa shape index (κ3) is 5.94. The van der Waals surface area contributed by atoms with Crippen LogP contribution in [0, 0.1) is 10.1 Å². The third-order valence-electron chi connectivity index (χ3n) is 6.38. The average Bonchev–Trinajstić information content (AvgIpc) is 3.41. The molecular formula is C25H23N7O7S2. The van der Waals surface area contributed by atoms with E-state index in [1.165, 1.54) is 57.4 Å². The van der Waals surface area contributed by atoms with Crippen molar-refractivity contribution in [2.45, 2.75) is 29.3 Å². The van der Waals surface area contributed by atoms with Gasteiger partial charge in [0.2, 0.25) is 5.16 Å². The van der Waals surface area contributed by atoms with Crippen LogP contribution in [0.1, 0.15) is 17.2 Å². The van der Waals surface area contributed by atoms with Crippen LogP contribution in [0.2, 0.25) is 0 Å². The first-order chi connectivity index (χ1) is 19.7. The highest BCUT2D eigenvalue weighted by Crippen LogP contribution is 2.42. The number of amides is 2. The van der Waals surface area contributed by atoms with E-state index < -0.39 is 40.2 Å². The number of nitrogens with one attached hydrogen (secondary N) is 1. The molecule has 2 unspecified atom stereocenters. The zero-order chi connectivity index (χ0) is 29.1. The Morgan fingerprint density at radius 2 is 1.98 bits per heavy atom. The lowest BCUT2D eigenvalue weighted by atomic mass is 10.0. The molecule has 0 saturated carbocycles. The van der Waals surface area contributed by atoms with Gasteiger partial charge in [0.15, 0.2) is 6.10 Å². The molecule has 0 spiro atoms. The fraction of sp³-hybridized carbons (Fsp3) is 0.280. The number of ether oxygens (including phenoxy) is 1. The Morgan fingerprint density at radius 1 is 1.24 bits per heavy atom. The molecule has 1 saturated heterocycles. The number of carbonyl (C=O) groups is 3. The van der Waals surface area contributed by atoms with E-state index in [1.54, 1.807) is 37.4 Å². The molecule has 41 heavy (non-hydrogen) atoms. The van der Waals surface area contributed by atoms with Crippen molar-refractivity contribution in [1.82, 2.24) is 30.4 Å². The van der Waals surface area contributed by atoms with Crippen molar-refractivity contribution >= 4 is 47.0 Å². The van der Waals surface area contributed by atoms with E-state index in [9.17, 15) is 29.6 Å². The molecule has 16 heteroatoms. The summed E-state index contributed by atoms with van der Waals surface area (Å²) in [5.41, 5.74) is 1.51. The highest BCUT2D eigenvalue weighted by molar-refractivity contribution is 8.01. The van der Waals surface area contributed by atoms with Gasteiger partial charge in [-0.15, -0.1) is 16.9 Å². The van der Waals surface area contributed by atoms with Gasteiger partial charge in [-0.05, 0) is 39.3 Å². The van der Waals surface area contributed by atoms with Gasteiger partial charge >= 0.3 is 5.97 Å². The molecule has 2 aliphatic rings. The predicted octanol–water partition coefficient (Wildman–Crippen LogP) is 1.34. The molecule has 0 aliphatic carbocycles. The maximum atomic E-state index is 13.4. The number of tetrazole rings is 1. The summed E-state index contributed by atoms with van der Waals surface area (Å²) in [4.78, 5) is 51.1. The molecule has 2 N–H and O–H groups in total. The van der Waals surface area contributed by atoms with E-state index in [1.807, 2.05) is 0 Å². The number of β-lactam (4-membered cyclic amide) rings is 1. The number of carbonyl (C=O) groups excluding carboxylic acids is 3. The second-order valence-electron chi connectivity index (χ2n) is 9.03. The monoisotopic (exact) mass is 597 g/mol. The molecule has 3 aromatic rings. The maximum absolute atomic E-state index is 13.4. The largest absolute Gasteiger partial charge is 0.456 e. The van der Waals surface area contributed by atoms with Crippen molar-refractivity contribution in [2.24, 2.45) is 7.05 Å². The molecule has 0 bridgehead atoms. The standard InChI is InChI=1S/C25H23N7O7S2/c1-30-25(27-28-29-30)41-13-16-12-40-23-18(26-21(34)20(33)15-5-3-2-4-6-15)22(35)31(23)19(16)24(36)39-11-14-7-9-17(10-8-14)32(37)38/h2-10,18,20,23,33H,11-13H2,1H3,(H,26,34)/t18?,20?,23-/m0/s1. The molecule has 2 amide bonds. The molecule has 3 atom stereocenters. The number of benzene rings is 2. The molecule has 1 aromatic heterocycles. The SMILES string of the molecule is Cn1nnnc1SCC1=C(C(=O)OCc2ccc([N+](=O)[O-])cc2)N2C(=O)C(NC(=O)C(O)c3ccccc3)[C@@H]2SC1. The summed E-state index contributed by atoms with van der Waals surface area (Å²) in [5, 5.41) is 35.2. The second-order valence-corrected chi connectivity index (χ2v) is 11.1. The van der Waals surface area contributed by atoms with Crippen LogP contribution >= 0.6 is 23.5 Å². The molecule has 3 heterocycles. The molecule has 212 valence electrons. The minimum absolute atomic E-state index is 0.0670. The van der Waals surface area contributed by atoms with Gasteiger partial charge in [0.1, 0.15) is 23.7 Å². The molecule has 5 rings (SSSR count). The van der Waals surface area contributed by atoms with Gasteiger partial charge in [0, 0.05) is 30.7 Å². The Labute approximate surface area is 241 Å². The summed E-state index contributed by atoms with van der Waals surface area (Å²) in [6, 6.07) is 13.0. The van der Waals surface area contributed by atoms with Crippen molar-refractivity contribution in [3.05, 3.63) is 87.1 Å². The number of nitro groups is 1. The smallest absolute Gasteiger partial charge is 0.355 e. The van der Waals surface area contributed by atoms with Crippen molar-refractivity contribution in [2.75, 3.05) is 11.5 Å². The first-order valence-corrected chi connectivity index (χ1v) is 14.2. The van der Waals surface area contributed by atoms with Crippen LogP contribution in [-0.4, -0.2) is 75.8 Å². The zero-order valence-corrected chi connectivity index (χ0v) is 23.1. The summed E-state index contributed by atoms with van der Waals surface area (Å²) in [7, 11) is 1.68. The lowest BCUT2D eigenvalue weighted by molar-refractivity contribution is -0.384. The second kappa shape index (κ2) is 12.1. The number of hydrogen-bond donors (Lipinski definition) is 2. The van der Waals surface area contributed by atoms with Gasteiger partial charge < -0.3 is 15.2 Å². The van der Waals surface area contributed by atoms with Crippen LogP contribution in [0.25, 0.3) is 0 Å². The Balaban J connectivity index is 1.32. The lowest BCUT2D eigenvalue weighted by Crippen LogP contribution is -2.71. The number of nitro benzene ring substituents is 1. The Kier molecular flexibility index (Phi) is 8.32. The van der Waals surface area contributed by atoms with Crippen molar-refractivity contribution in [1.29, 1.82) is 0 Å². The molecule has 1 fully saturated rings. The van der Waals surface area contributed by atoms with Crippen LogP contribution in [0.5, 0.6) is 0 Å². The van der Waals surface area contributed by atoms with Crippen LogP contribution in [0.3, 0.4) is 0 Å². The van der Waals surface area contributed by atoms with E-state index in [0.29, 0.717) is 33.4 Å². The maximum Gasteiger partial charge on any atom is 0.355 e. The van der Waals surface area contributed by atoms with Gasteiger partial charge in [0.25, 0.3) is 17.5 Å². The minimum Gasteiger partial charge on any atom is -0.456 e. The Morgan fingerprint density at radius 3 is 2.63 bits per heavy atom. The third-order valence-corrected chi connectivity index (χ3v) is 8.81. The first-order valence-electron chi connectivity index (χ1n) is 12.2. The minimum atomic E-state index is -1.46. The van der Waals surface area contributed by atoms with Crippen molar-refractivity contribution < 1.29 is 29.2 Å². The van der Waals surface area contributed by atoms with E-state index in [2.05, 4.69) is 20.8 Å².